The number of sulfone groups is 1. The van der Waals surface area contributed by atoms with Gasteiger partial charge in [0.25, 0.3) is 0 Å². The van der Waals surface area contributed by atoms with E-state index in [-0.39, 0.29) is 21.8 Å². The maximum Gasteiger partial charge on any atom is 0.182 e. The predicted octanol–water partition coefficient (Wildman–Crippen LogP) is 7.11. The van der Waals surface area contributed by atoms with Crippen molar-refractivity contribution in [3.05, 3.63) is 62.5 Å². The summed E-state index contributed by atoms with van der Waals surface area (Å²) in [5.74, 6) is -0.119. The lowest BCUT2D eigenvalue weighted by molar-refractivity contribution is 0.578. The first-order valence-electron chi connectivity index (χ1n) is 10.3. The van der Waals surface area contributed by atoms with Crippen LogP contribution in [0.2, 0.25) is 15.1 Å². The van der Waals surface area contributed by atoms with Gasteiger partial charge >= 0.3 is 0 Å². The van der Waals surface area contributed by atoms with Crippen LogP contribution in [-0.4, -0.2) is 34.1 Å². The molecule has 0 fully saturated rings. The normalized spacial score (nSPS) is 12.3. The molecule has 6 nitrogen and oxygen atoms in total. The van der Waals surface area contributed by atoms with Gasteiger partial charge in [-0.2, -0.15) is 5.10 Å². The number of rotatable bonds is 5. The monoisotopic (exact) mass is 554 g/mol. The summed E-state index contributed by atoms with van der Waals surface area (Å²) in [4.78, 5) is 0.0694. The molecule has 0 N–H and O–H groups in total. The molecule has 11 heteroatoms. The Labute approximate surface area is 217 Å². The van der Waals surface area contributed by atoms with Crippen LogP contribution in [0.4, 0.5) is 0 Å². The summed E-state index contributed by atoms with van der Waals surface area (Å²) in [6.45, 7) is 7.66. The van der Waals surface area contributed by atoms with Crippen LogP contribution in [0.5, 0.6) is 0 Å². The third-order valence-electron chi connectivity index (χ3n) is 5.06. The van der Waals surface area contributed by atoms with Gasteiger partial charge < -0.3 is 0 Å². The second kappa shape index (κ2) is 9.24. The fourth-order valence-electron chi connectivity index (χ4n) is 3.29. The topological polar surface area (TPSA) is 77.7 Å². The summed E-state index contributed by atoms with van der Waals surface area (Å²) in [5, 5.41) is 15.8. The summed E-state index contributed by atoms with van der Waals surface area (Å²) in [5.41, 5.74) is 1.44. The van der Waals surface area contributed by atoms with Crippen molar-refractivity contribution in [3.63, 3.8) is 0 Å². The van der Waals surface area contributed by atoms with E-state index in [1.165, 1.54) is 16.0 Å². The quantitative estimate of drug-likeness (QED) is 0.262. The average Bonchev–Trinajstić information content (AvgIpc) is 3.40. The van der Waals surface area contributed by atoms with E-state index in [1.54, 1.807) is 49.4 Å². The number of hydrogen-bond donors (Lipinski definition) is 0. The second-order valence-corrected chi connectivity index (χ2v) is 13.1. The molecule has 2 aromatic carbocycles. The van der Waals surface area contributed by atoms with Crippen LogP contribution in [-0.2, 0) is 15.3 Å². The molecule has 0 saturated carbocycles. The Bertz CT molecular complexity index is 1470. The predicted molar refractivity (Wildman–Crippen MR) is 139 cm³/mol. The minimum atomic E-state index is -3.75. The second-order valence-electron chi connectivity index (χ2n) is 8.61. The maximum atomic E-state index is 13.5. The van der Waals surface area contributed by atoms with Gasteiger partial charge in [-0.25, -0.2) is 13.1 Å². The van der Waals surface area contributed by atoms with Gasteiger partial charge in [0, 0.05) is 21.0 Å². The molecule has 0 atom stereocenters. The van der Waals surface area contributed by atoms with Gasteiger partial charge in [-0.15, -0.1) is 10.2 Å². The Morgan fingerprint density at radius 1 is 0.971 bits per heavy atom. The molecule has 2 heterocycles. The molecule has 4 rings (SSSR count). The van der Waals surface area contributed by atoms with Crippen LogP contribution in [0.1, 0.15) is 32.7 Å². The van der Waals surface area contributed by atoms with Crippen LogP contribution in [0.15, 0.2) is 47.4 Å². The molecule has 0 radical (unpaired) electrons. The lowest BCUT2D eigenvalue weighted by atomic mass is 9.98. The number of aromatic nitrogens is 4. The minimum Gasteiger partial charge on any atom is -0.229 e. The van der Waals surface area contributed by atoms with Crippen LogP contribution < -0.4 is 0 Å². The van der Waals surface area contributed by atoms with Gasteiger partial charge in [-0.05, 0) is 30.3 Å². The molecule has 0 amide bonds. The van der Waals surface area contributed by atoms with Crippen molar-refractivity contribution in [1.29, 1.82) is 0 Å². The molecule has 178 valence electrons. The first-order chi connectivity index (χ1) is 15.9. The van der Waals surface area contributed by atoms with Crippen molar-refractivity contribution in [1.82, 2.24) is 20.0 Å². The van der Waals surface area contributed by atoms with Gasteiger partial charge in [0.1, 0.15) is 15.6 Å². The highest BCUT2D eigenvalue weighted by Gasteiger charge is 2.33. The van der Waals surface area contributed by atoms with E-state index in [2.05, 4.69) is 10.2 Å². The van der Waals surface area contributed by atoms with Gasteiger partial charge in [0.15, 0.2) is 14.8 Å². The third kappa shape index (κ3) is 4.75. The molecule has 0 aliphatic carbocycles. The molecule has 0 bridgehead atoms. The zero-order chi connectivity index (χ0) is 24.8. The Morgan fingerprint density at radius 2 is 1.62 bits per heavy atom. The van der Waals surface area contributed by atoms with Crippen molar-refractivity contribution in [2.45, 2.75) is 38.0 Å². The van der Waals surface area contributed by atoms with Gasteiger partial charge in [0.05, 0.1) is 22.2 Å². The van der Waals surface area contributed by atoms with E-state index in [1.807, 2.05) is 20.8 Å². The molecule has 0 spiro atoms. The largest absolute Gasteiger partial charge is 0.229 e. The molecular weight excluding hydrogens is 535 g/mol. The fourth-order valence-corrected chi connectivity index (χ4v) is 6.08. The zero-order valence-electron chi connectivity index (χ0n) is 18.8. The zero-order valence-corrected chi connectivity index (χ0v) is 22.7. The number of nitrogens with zero attached hydrogens (tertiary/aromatic N) is 4. The summed E-state index contributed by atoms with van der Waals surface area (Å²) < 4.78 is 28.5. The highest BCUT2D eigenvalue weighted by Crippen LogP contribution is 2.41. The van der Waals surface area contributed by atoms with Gasteiger partial charge in [0.2, 0.25) is 0 Å². The van der Waals surface area contributed by atoms with Gasteiger partial charge in [-0.3, -0.25) is 0 Å². The molecule has 4 aromatic rings. The van der Waals surface area contributed by atoms with E-state index in [0.29, 0.717) is 37.0 Å². The van der Waals surface area contributed by atoms with E-state index >= 15 is 0 Å². The molecule has 0 unspecified atom stereocenters. The van der Waals surface area contributed by atoms with Gasteiger partial charge in [-0.1, -0.05) is 86.0 Å². The first kappa shape index (κ1) is 25.1. The maximum absolute atomic E-state index is 13.5. The Kier molecular flexibility index (Phi) is 6.83. The number of hydrogen-bond acceptors (Lipinski definition) is 6. The van der Waals surface area contributed by atoms with Crippen LogP contribution in [0.25, 0.3) is 27.6 Å². The summed E-state index contributed by atoms with van der Waals surface area (Å²) in [7, 11) is -3.75. The van der Waals surface area contributed by atoms with Crippen molar-refractivity contribution < 1.29 is 8.42 Å². The Hall–Kier alpha value is -1.97. The van der Waals surface area contributed by atoms with Crippen LogP contribution >= 0.6 is 46.1 Å². The first-order valence-corrected chi connectivity index (χ1v) is 13.9. The fraction of sp³-hybridized carbons (Fsp3) is 0.261. The third-order valence-corrected chi connectivity index (χ3v) is 8.97. The van der Waals surface area contributed by atoms with Crippen molar-refractivity contribution in [2.24, 2.45) is 0 Å². The van der Waals surface area contributed by atoms with Crippen molar-refractivity contribution in [3.8, 4) is 27.6 Å². The Balaban J connectivity index is 2.12. The summed E-state index contributed by atoms with van der Waals surface area (Å²) >= 11 is 20.1. The molecule has 0 aliphatic heterocycles. The molecule has 34 heavy (non-hydrogen) atoms. The van der Waals surface area contributed by atoms with Crippen LogP contribution in [0, 0.1) is 0 Å². The highest BCUT2D eigenvalue weighted by molar-refractivity contribution is 7.91. The molecular formula is C23H21Cl3N4O2S2. The molecule has 2 aromatic heterocycles. The van der Waals surface area contributed by atoms with E-state index in [9.17, 15) is 8.42 Å². The lowest BCUT2D eigenvalue weighted by Gasteiger charge is -2.12. The Morgan fingerprint density at radius 3 is 2.18 bits per heavy atom. The van der Waals surface area contributed by atoms with E-state index < -0.39 is 9.84 Å². The summed E-state index contributed by atoms with van der Waals surface area (Å²) in [6.07, 6.45) is 0. The number of halogens is 3. The molecule has 0 aliphatic rings. The minimum absolute atomic E-state index is 0.0694. The number of benzene rings is 2. The van der Waals surface area contributed by atoms with Crippen molar-refractivity contribution >= 4 is 56.0 Å². The van der Waals surface area contributed by atoms with E-state index in [4.69, 9.17) is 39.9 Å². The smallest absolute Gasteiger partial charge is 0.182 e. The summed E-state index contributed by atoms with van der Waals surface area (Å²) in [6, 6.07) is 11.8. The molecule has 0 saturated heterocycles. The highest BCUT2D eigenvalue weighted by atomic mass is 35.5. The van der Waals surface area contributed by atoms with E-state index in [0.717, 1.165) is 5.01 Å². The van der Waals surface area contributed by atoms with Crippen molar-refractivity contribution in [2.75, 3.05) is 5.75 Å². The SMILES string of the molecule is CCS(=O)(=O)c1c(-c2nnc(C(C)(C)C)s2)nn(-c2ccc(Cl)cc2Cl)c1-c1ccc(Cl)cc1. The average molecular weight is 556 g/mol. The standard InChI is InChI=1S/C23H21Cl3N4O2S2/c1-5-34(31,32)20-18(21-27-28-22(33-21)23(2,3)4)29-30(17-11-10-15(25)12-16(17)26)19(20)13-6-8-14(24)9-7-13/h6-12H,5H2,1-4H3. The van der Waals surface area contributed by atoms with Crippen LogP contribution in [0.3, 0.4) is 0 Å². The lowest BCUT2D eigenvalue weighted by Crippen LogP contribution is -2.10.